The molecule has 0 rings (SSSR count). The molecule has 0 saturated heterocycles. The van der Waals surface area contributed by atoms with E-state index in [1.165, 1.54) is 0 Å². The van der Waals surface area contributed by atoms with Gasteiger partial charge in [0.2, 0.25) is 0 Å². The Morgan fingerprint density at radius 3 is 1.44 bits per heavy atom. The molecule has 0 N–H and O–H groups in total. The fraction of sp³-hybridized carbons (Fsp3) is 0.200. The summed E-state index contributed by atoms with van der Waals surface area (Å²) in [6.45, 7) is 12.7. The molecule has 86 valence electrons. The van der Waals surface area contributed by atoms with Crippen molar-refractivity contribution in [2.45, 2.75) is 0 Å². The van der Waals surface area contributed by atoms with E-state index in [1.54, 1.807) is 0 Å². The van der Waals surface area contributed by atoms with E-state index in [0.717, 1.165) is 0 Å². The van der Waals surface area contributed by atoms with E-state index in [9.17, 15) is 9.59 Å². The van der Waals surface area contributed by atoms with Gasteiger partial charge in [0.05, 0.1) is 0 Å². The molecule has 0 spiro atoms. The quantitative estimate of drug-likeness (QED) is 0.273. The summed E-state index contributed by atoms with van der Waals surface area (Å²) < 4.78 is 9.71. The molecule has 0 fully saturated rings. The van der Waals surface area contributed by atoms with Crippen LogP contribution in [0.15, 0.2) is 34.7 Å². The molecule has 6 heteroatoms. The summed E-state index contributed by atoms with van der Waals surface area (Å²) in [5.74, 6) is -1.58. The Bertz CT molecular complexity index is 313. The van der Waals surface area contributed by atoms with Crippen LogP contribution in [0.1, 0.15) is 0 Å². The number of amides is 2. The molecular formula is C10H12N2O4. The number of carbonyl (C=O) groups is 2. The zero-order valence-corrected chi connectivity index (χ0v) is 8.77. The zero-order chi connectivity index (χ0) is 12.6. The van der Waals surface area contributed by atoms with Gasteiger partial charge in [0.15, 0.2) is 11.5 Å². The maximum atomic E-state index is 10.8. The average Bonchev–Trinajstić information content (AvgIpc) is 2.31. The van der Waals surface area contributed by atoms with Gasteiger partial charge >= 0.3 is 11.8 Å². The van der Waals surface area contributed by atoms with Gasteiger partial charge in [0.1, 0.15) is 13.2 Å². The molecule has 0 heterocycles. The number of nitrogens with zero attached hydrogens (tertiary/aromatic N) is 2. The molecule has 2 amide bonds. The highest BCUT2D eigenvalue weighted by Gasteiger charge is 2.07. The second-order valence-electron chi connectivity index (χ2n) is 2.47. The van der Waals surface area contributed by atoms with Crippen molar-refractivity contribution < 1.29 is 19.1 Å². The molecule has 0 aliphatic heterocycles. The topological polar surface area (TPSA) is 77.3 Å². The van der Waals surface area contributed by atoms with Crippen molar-refractivity contribution in [3.05, 3.63) is 24.7 Å². The number of carbonyl (C=O) groups excluding carboxylic acids is 2. The highest BCUT2D eigenvalue weighted by molar-refractivity contribution is 5.94. The molecule has 0 aromatic carbocycles. The van der Waals surface area contributed by atoms with Gasteiger partial charge in [-0.3, -0.25) is 9.59 Å². The van der Waals surface area contributed by atoms with Crippen LogP contribution in [-0.4, -0.2) is 38.5 Å². The van der Waals surface area contributed by atoms with E-state index in [-0.39, 0.29) is 24.7 Å². The molecule has 0 atom stereocenters. The van der Waals surface area contributed by atoms with Crippen LogP contribution in [0, 0.1) is 0 Å². The van der Waals surface area contributed by atoms with Crippen LogP contribution in [0.2, 0.25) is 0 Å². The molecule has 0 saturated carbocycles. The summed E-state index contributed by atoms with van der Waals surface area (Å²) in [5.41, 5.74) is 0. The van der Waals surface area contributed by atoms with Crippen LogP contribution in [0.4, 0.5) is 0 Å². The lowest BCUT2D eigenvalue weighted by Crippen LogP contribution is -2.10. The Labute approximate surface area is 93.0 Å². The van der Waals surface area contributed by atoms with Gasteiger partial charge in [0.25, 0.3) is 0 Å². The van der Waals surface area contributed by atoms with Gasteiger partial charge in [-0.05, 0) is 13.4 Å². The molecule has 0 bridgehead atoms. The number of aliphatic imine (C=N–C) groups is 2. The van der Waals surface area contributed by atoms with E-state index in [4.69, 9.17) is 9.47 Å². The monoisotopic (exact) mass is 224 g/mol. The number of ether oxygens (including phenoxy) is 2. The van der Waals surface area contributed by atoms with Crippen molar-refractivity contribution in [2.24, 2.45) is 9.98 Å². The minimum Gasteiger partial charge on any atom is -0.485 e. The normalized spacial score (nSPS) is 8.75. The third-order valence-corrected chi connectivity index (χ3v) is 1.40. The summed E-state index contributed by atoms with van der Waals surface area (Å²) in [6, 6.07) is 0. The van der Waals surface area contributed by atoms with Crippen LogP contribution in [0.5, 0.6) is 0 Å². The van der Waals surface area contributed by atoms with Crippen molar-refractivity contribution in [3.8, 4) is 0 Å². The van der Waals surface area contributed by atoms with E-state index in [2.05, 4.69) is 36.6 Å². The Kier molecular flexibility index (Phi) is 6.11. The van der Waals surface area contributed by atoms with Gasteiger partial charge in [-0.25, -0.2) is 9.98 Å². The van der Waals surface area contributed by atoms with E-state index < -0.39 is 11.8 Å². The molecule has 16 heavy (non-hydrogen) atoms. The third-order valence-electron chi connectivity index (χ3n) is 1.40. The predicted molar refractivity (Wildman–Crippen MR) is 59.3 cm³/mol. The number of rotatable bonds is 7. The lowest BCUT2D eigenvalue weighted by molar-refractivity contribution is -0.119. The smallest absolute Gasteiger partial charge is 0.310 e. The van der Waals surface area contributed by atoms with E-state index in [0.29, 0.717) is 0 Å². The summed E-state index contributed by atoms with van der Waals surface area (Å²) in [7, 11) is 0. The Morgan fingerprint density at radius 1 is 0.875 bits per heavy atom. The average molecular weight is 224 g/mol. The minimum absolute atomic E-state index is 0.0313. The molecular weight excluding hydrogens is 212 g/mol. The Balaban J connectivity index is 3.77. The van der Waals surface area contributed by atoms with Crippen molar-refractivity contribution in [2.75, 3.05) is 13.2 Å². The summed E-state index contributed by atoms with van der Waals surface area (Å²) >= 11 is 0. The van der Waals surface area contributed by atoms with Crippen LogP contribution in [-0.2, 0) is 19.1 Å². The summed E-state index contributed by atoms with van der Waals surface area (Å²) in [5, 5.41) is 0. The van der Waals surface area contributed by atoms with Crippen molar-refractivity contribution in [3.63, 3.8) is 0 Å². The first-order valence-corrected chi connectivity index (χ1v) is 4.18. The lowest BCUT2D eigenvalue weighted by atomic mass is 10.5. The first-order valence-electron chi connectivity index (χ1n) is 4.18. The maximum Gasteiger partial charge on any atom is 0.310 e. The van der Waals surface area contributed by atoms with Gasteiger partial charge in [-0.1, -0.05) is 13.2 Å². The molecule has 0 aromatic rings. The van der Waals surface area contributed by atoms with Crippen LogP contribution in [0.25, 0.3) is 0 Å². The molecule has 0 aromatic heterocycles. The second-order valence-corrected chi connectivity index (χ2v) is 2.47. The standard InChI is InChI=1S/C10H12N2O4/c1-7(9(13)11-3)15-5-6-16-8(2)10(14)12-4/h1-6H2. The lowest BCUT2D eigenvalue weighted by Gasteiger charge is -2.07. The highest BCUT2D eigenvalue weighted by atomic mass is 16.5. The maximum absolute atomic E-state index is 10.8. The molecule has 6 nitrogen and oxygen atoms in total. The first-order chi connectivity index (χ1) is 7.52. The van der Waals surface area contributed by atoms with Crippen molar-refractivity contribution in [1.82, 2.24) is 0 Å². The fourth-order valence-corrected chi connectivity index (χ4v) is 0.630. The summed E-state index contributed by atoms with van der Waals surface area (Å²) in [4.78, 5) is 27.8. The van der Waals surface area contributed by atoms with E-state index in [1.807, 2.05) is 0 Å². The Morgan fingerprint density at radius 2 is 1.19 bits per heavy atom. The van der Waals surface area contributed by atoms with Gasteiger partial charge in [-0.2, -0.15) is 0 Å². The van der Waals surface area contributed by atoms with Crippen LogP contribution >= 0.6 is 0 Å². The predicted octanol–water partition coefficient (Wildman–Crippen LogP) is 0.501. The van der Waals surface area contributed by atoms with Crippen molar-refractivity contribution in [1.29, 1.82) is 0 Å². The van der Waals surface area contributed by atoms with Crippen molar-refractivity contribution >= 4 is 25.2 Å². The van der Waals surface area contributed by atoms with E-state index >= 15 is 0 Å². The van der Waals surface area contributed by atoms with Crippen LogP contribution in [0.3, 0.4) is 0 Å². The minimum atomic E-state index is -0.650. The summed E-state index contributed by atoms with van der Waals surface area (Å²) in [6.07, 6.45) is 0. The molecule has 0 radical (unpaired) electrons. The number of hydrogen-bond acceptors (Lipinski definition) is 4. The highest BCUT2D eigenvalue weighted by Crippen LogP contribution is 1.99. The first kappa shape index (κ1) is 13.8. The fourth-order valence-electron chi connectivity index (χ4n) is 0.630. The zero-order valence-electron chi connectivity index (χ0n) is 8.77. The Hall–Kier alpha value is -2.24. The third kappa shape index (κ3) is 4.85. The SMILES string of the molecule is C=NC(=O)C(=C)OCCOC(=C)C(=O)N=C. The second kappa shape index (κ2) is 7.10. The van der Waals surface area contributed by atoms with Gasteiger partial charge in [0, 0.05) is 0 Å². The van der Waals surface area contributed by atoms with Crippen LogP contribution < -0.4 is 0 Å². The molecule has 0 aliphatic carbocycles. The molecule has 0 unspecified atom stereocenters. The van der Waals surface area contributed by atoms with Gasteiger partial charge in [-0.15, -0.1) is 0 Å². The molecule has 0 aliphatic rings. The number of hydrogen-bond donors (Lipinski definition) is 0. The largest absolute Gasteiger partial charge is 0.485 e. The van der Waals surface area contributed by atoms with Gasteiger partial charge < -0.3 is 9.47 Å².